The maximum Gasteiger partial charge on any atom is 0.386 e. The molecule has 14 N–H and O–H groups in total. The first kappa shape index (κ1) is 97.6. The topological polar surface area (TPSA) is 691 Å². The second-order valence-corrected chi connectivity index (χ2v) is 48.3. The number of halogens is 5. The Balaban J connectivity index is 0.000000131. The van der Waals surface area contributed by atoms with E-state index in [1.165, 1.54) is 48.3 Å². The second-order valence-electron chi connectivity index (χ2n) is 31.5. The Morgan fingerprint density at radius 1 is 0.397 bits per heavy atom. The van der Waals surface area contributed by atoms with Crippen LogP contribution in [0.3, 0.4) is 0 Å². The summed E-state index contributed by atoms with van der Waals surface area (Å²) in [6, 6.07) is 0. The number of nitrogens with zero attached hydrogens (tertiary/aromatic N) is 20. The van der Waals surface area contributed by atoms with Crippen molar-refractivity contribution in [1.82, 2.24) is 97.2 Å². The zero-order valence-corrected chi connectivity index (χ0v) is 79.3. The molecule has 6 unspecified atom stereocenters. The lowest BCUT2D eigenvalue weighted by Crippen LogP contribution is -2.38. The quantitative estimate of drug-likeness (QED) is 0.0646. The molecule has 0 spiro atoms. The molecule has 21 rings (SSSR count). The predicted octanol–water partition coefficient (Wildman–Crippen LogP) is 2.37. The number of aliphatic hydroxyl groups is 1. The van der Waals surface area contributed by atoms with E-state index >= 15 is 22.0 Å². The Labute approximate surface area is 786 Å². The molecule has 0 aromatic carbocycles. The van der Waals surface area contributed by atoms with Crippen molar-refractivity contribution in [3.8, 4) is 0 Å². The van der Waals surface area contributed by atoms with E-state index in [0.29, 0.717) is 16.9 Å². The Bertz CT molecular complexity index is 6560. The van der Waals surface area contributed by atoms with Crippen molar-refractivity contribution in [1.29, 1.82) is 0 Å². The van der Waals surface area contributed by atoms with E-state index in [1.807, 2.05) is 0 Å². The number of imidazole rings is 6. The Morgan fingerprint density at radius 3 is 1.08 bits per heavy atom. The summed E-state index contributed by atoms with van der Waals surface area (Å²) in [5, 5.41) is 11.3. The van der Waals surface area contributed by atoms with Gasteiger partial charge in [0, 0.05) is 0 Å². The molecular weight excluding hydrogens is 2070 g/mol. The summed E-state index contributed by atoms with van der Waals surface area (Å²) in [7, 11) is 0. The van der Waals surface area contributed by atoms with Crippen LogP contribution >= 0.6 is 52.6 Å². The van der Waals surface area contributed by atoms with Gasteiger partial charge >= 0.3 is 40.4 Å². The van der Waals surface area contributed by atoms with Crippen LogP contribution in [-0.4, -0.2) is 300 Å². The number of aliphatic hydroxyl groups excluding tert-OH is 1. The molecule has 136 heavy (non-hydrogen) atoms. The number of H-pyrrole nitrogens is 2. The van der Waals surface area contributed by atoms with Gasteiger partial charge in [0.15, 0.2) is 142 Å². The molecular formula is C65H72F5N25O29P6S6. The van der Waals surface area contributed by atoms with Crippen LogP contribution < -0.4 is 28.3 Å². The van der Waals surface area contributed by atoms with Gasteiger partial charge in [-0.25, -0.2) is 96.3 Å². The third-order valence-electron chi connectivity index (χ3n) is 22.5. The summed E-state index contributed by atoms with van der Waals surface area (Å²) in [6.45, 7) is -24.6. The highest BCUT2D eigenvalue weighted by Crippen LogP contribution is 2.61. The van der Waals surface area contributed by atoms with E-state index in [-0.39, 0.29) is 98.5 Å². The van der Waals surface area contributed by atoms with Gasteiger partial charge in [-0.2, -0.15) is 0 Å². The molecule has 9 fully saturated rings. The highest BCUT2D eigenvalue weighted by atomic mass is 32.7. The largest absolute Gasteiger partial charge is 0.387 e. The number of nitrogens with two attached hydrogens (primary N) is 3. The third-order valence-corrected chi connectivity index (χ3v) is 31.9. The van der Waals surface area contributed by atoms with Crippen LogP contribution in [0.25, 0.3) is 44.7 Å². The fourth-order valence-electron chi connectivity index (χ4n) is 16.4. The van der Waals surface area contributed by atoms with Crippen LogP contribution in [0.5, 0.6) is 0 Å². The molecule has 0 saturated carbocycles. The van der Waals surface area contributed by atoms with Gasteiger partial charge in [-0.05, 0) is 79.8 Å². The molecule has 732 valence electrons. The zero-order chi connectivity index (χ0) is 96.4. The Kier molecular flexibility index (Phi) is 26.8. The highest BCUT2D eigenvalue weighted by molar-refractivity contribution is 8.44. The summed E-state index contributed by atoms with van der Waals surface area (Å²) in [4.78, 5) is 166. The number of fused-ring (bicyclic) bond motifs is 12. The van der Waals surface area contributed by atoms with Crippen molar-refractivity contribution < 1.29 is 148 Å². The van der Waals surface area contributed by atoms with Crippen LogP contribution in [-0.2, 0) is 146 Å². The number of aromatic amines is 2. The number of carbonyl (C=O) groups is 2. The molecule has 71 heteroatoms. The number of carbonyl (C=O) groups excluding carboxylic acids is 2. The van der Waals surface area contributed by atoms with Gasteiger partial charge in [0.1, 0.15) is 126 Å². The van der Waals surface area contributed by atoms with Gasteiger partial charge in [-0.1, -0.05) is 12.2 Å². The minimum absolute atomic E-state index is 0.00726. The van der Waals surface area contributed by atoms with Crippen molar-refractivity contribution >= 4 is 197 Å². The van der Waals surface area contributed by atoms with E-state index in [4.69, 9.17) is 159 Å². The van der Waals surface area contributed by atoms with Gasteiger partial charge in [-0.3, -0.25) is 78.2 Å². The van der Waals surface area contributed by atoms with Gasteiger partial charge in [0.2, 0.25) is 0 Å². The Hall–Kier alpha value is -7.18. The average molecular weight is 2140 g/mol. The standard InChI is InChI=1S/2C22H24F2N8O10P2S2.C21H24FN9O9P2S2/c2*1-7-28-19-15(20(34)29-7)27-6-32(19)22-13(24)17-10(40-22)4-38-43(35,45)41-16-9(3-37-44(36,46)42-17)39-21(12(16)23)31-5-26-14-8(33)2-11(25)30-18(14)31;1-8-12-18(26-4-24-8)31(6-28-12)21-14(32)16-10(38-21)3-36-41(33,43)39-15-9(2-35-42(34,44)40-16)37-20(11(15)22)30-7-29-13-17(23)25-5-27-19(13)30/h2*5-6,9-10,12-13,16-17,21-22H,2-4H2,1H3,(H2,25,30)(H,35,45)(H,36,46)(H,28,29,34);4-7,9-11,14-16,20-21,32H,2-3H2,1H3,(H,33,43)(H,34,44)(H2,23,25,27)/t2*9-,10-,12-,13-,16-,17-,21-,22-,43?,44?;9-,10-,11-,14-,15-,16-,20-,21-,41?,42?/m111/s1. The molecule has 54 nitrogen and oxygen atoms in total. The van der Waals surface area contributed by atoms with E-state index < -0.39 is 250 Å². The van der Waals surface area contributed by atoms with Crippen LogP contribution in [0.15, 0.2) is 70.2 Å². The van der Waals surface area contributed by atoms with Crippen molar-refractivity contribution in [3.05, 3.63) is 100 Å². The number of rotatable bonds is 6. The number of Topliss-reactive ketones (excluding diaryl/α,β-unsaturated/α-hetero) is 2. The van der Waals surface area contributed by atoms with Gasteiger partial charge < -0.3 is 108 Å². The predicted molar refractivity (Wildman–Crippen MR) is 468 cm³/mol. The molecule has 0 radical (unpaired) electrons. The number of alkyl halides is 5. The van der Waals surface area contributed by atoms with E-state index in [9.17, 15) is 53.3 Å². The molecule has 11 aliphatic heterocycles. The molecule has 30 atom stereocenters. The van der Waals surface area contributed by atoms with E-state index in [0.717, 1.165) is 43.6 Å². The molecule has 0 bridgehead atoms. The number of amidine groups is 2. The van der Waals surface area contributed by atoms with E-state index in [1.54, 1.807) is 6.92 Å². The maximum atomic E-state index is 16.0. The summed E-state index contributed by atoms with van der Waals surface area (Å²) in [5.74, 6) is -0.458. The first-order chi connectivity index (χ1) is 64.3. The first-order valence-corrected chi connectivity index (χ1v) is 55.6. The fraction of sp³-hybridized carbons (Fsp3) is 0.538. The van der Waals surface area contributed by atoms with E-state index in [2.05, 4.69) is 92.0 Å². The minimum atomic E-state index is -4.31. The lowest BCUT2D eigenvalue weighted by atomic mass is 10.1. The van der Waals surface area contributed by atoms with Crippen molar-refractivity contribution in [2.24, 2.45) is 21.5 Å². The second kappa shape index (κ2) is 37.3. The summed E-state index contributed by atoms with van der Waals surface area (Å²) >= 11 is 29.8. The SMILES string of the molecule is Cc1nc2c(ncn2[C@@H]2O[C@@H]3COP(O)(=S)O[C@H]4[C@@H](F)[C@H](n5cnc6c5N=C(N)CC6=O)O[C@@H]4COP(O)(=S)O[C@H]3[C@H]2F)c(=O)[nH]1.Cc1nc2c(ncn2[C@@H]2O[C@@H]3COP(O)(=S)O[C@H]4[C@@H](F)[C@H](n5cnc6c5N=C(N)CC6=O)O[C@@H]4COP(O)(=S)O[C@H]3[C@H]2F)c(=O)[nH]1.Cc1ncnc2c1ncn2[C@@H]1O[C@@H]2COP(O)(=S)O[C@H]3[C@@H](F)[C@H](n4cnc5c(N)ncnc54)O[C@@H]3COP(=O)(S)O[C@H]2[C@H]1O. The monoisotopic (exact) mass is 2140 g/mol. The first-order valence-electron chi connectivity index (χ1n) is 39.9. The molecule has 10 aromatic heterocycles. The molecule has 0 amide bonds. The number of hydrogen-bond donors (Lipinski definition) is 12. The highest BCUT2D eigenvalue weighted by Gasteiger charge is 2.59. The smallest absolute Gasteiger partial charge is 0.386 e. The number of aromatic nitrogens is 20. The molecule has 21 heterocycles. The summed E-state index contributed by atoms with van der Waals surface area (Å²) in [6.07, 6.45) is -28.4. The Morgan fingerprint density at radius 2 is 0.699 bits per heavy atom. The fourth-order valence-corrected chi connectivity index (χ4v) is 25.1. The number of ketones is 2. The van der Waals surface area contributed by atoms with Crippen LogP contribution in [0, 0.1) is 20.8 Å². The number of aliphatic imine (C=N–C) groups is 2. The van der Waals surface area contributed by atoms with Crippen LogP contribution in [0.2, 0.25) is 0 Å². The normalized spacial score (nSPS) is 38.4. The number of thiol groups is 1. The number of ether oxygens (including phenoxy) is 6. The number of nitrogen functional groups attached to an aromatic ring is 1. The van der Waals surface area contributed by atoms with Crippen LogP contribution in [0.4, 0.5) is 39.4 Å². The van der Waals surface area contributed by atoms with Crippen molar-refractivity contribution in [3.63, 3.8) is 0 Å². The van der Waals surface area contributed by atoms with Crippen molar-refractivity contribution in [2.45, 2.75) is 181 Å². The lowest BCUT2D eigenvalue weighted by molar-refractivity contribution is -0.0586. The molecule has 11 aliphatic rings. The molecule has 10 aromatic rings. The summed E-state index contributed by atoms with van der Waals surface area (Å²) < 4.78 is 202. The van der Waals surface area contributed by atoms with Gasteiger partial charge in [-0.15, -0.1) is 0 Å². The zero-order valence-electron chi connectivity index (χ0n) is 68.9. The minimum Gasteiger partial charge on any atom is -0.387 e. The van der Waals surface area contributed by atoms with Crippen molar-refractivity contribution in [2.75, 3.05) is 45.4 Å². The van der Waals surface area contributed by atoms with Gasteiger partial charge in [0.25, 0.3) is 11.1 Å². The lowest BCUT2D eigenvalue weighted by Gasteiger charge is -2.29. The van der Waals surface area contributed by atoms with Crippen LogP contribution in [0.1, 0.15) is 88.5 Å². The number of anilines is 1. The molecule has 0 aliphatic carbocycles. The summed E-state index contributed by atoms with van der Waals surface area (Å²) in [5.41, 5.74) is 17.8. The third kappa shape index (κ3) is 19.0. The average Bonchev–Trinajstić information content (AvgIpc) is 1.58. The number of hydrogen-bond acceptors (Lipinski definition) is 46. The number of nitrogens with one attached hydrogen (secondary N) is 2. The maximum absolute atomic E-state index is 16.0. The molecule has 9 saturated heterocycles. The van der Waals surface area contributed by atoms with Gasteiger partial charge in [0.05, 0.1) is 96.1 Å². The number of aryl methyl sites for hydroxylation is 3.